The average Bonchev–Trinajstić information content (AvgIpc) is 3.38. The number of hydrogen-bond donors (Lipinski definition) is 2. The molecule has 2 fully saturated rings. The molecule has 1 aromatic rings. The predicted molar refractivity (Wildman–Crippen MR) is 102 cm³/mol. The maximum atomic E-state index is 12.6. The second-order valence-corrected chi connectivity index (χ2v) is 8.17. The Labute approximate surface area is 164 Å². The van der Waals surface area contributed by atoms with Gasteiger partial charge in [-0.1, -0.05) is 12.1 Å². The summed E-state index contributed by atoms with van der Waals surface area (Å²) in [4.78, 5) is 37.5. The van der Waals surface area contributed by atoms with Gasteiger partial charge in [0, 0.05) is 32.1 Å². The number of carbonyl (C=O) groups excluding carboxylic acids is 3. The van der Waals surface area contributed by atoms with Crippen LogP contribution in [-0.2, 0) is 14.3 Å². The number of hydrogen-bond acceptors (Lipinski definition) is 6. The minimum atomic E-state index is -1.03. The number of ether oxygens (including phenoxy) is 2. The van der Waals surface area contributed by atoms with Crippen molar-refractivity contribution in [1.82, 2.24) is 15.5 Å². The highest BCUT2D eigenvalue weighted by Gasteiger charge is 2.62. The number of esters is 1. The summed E-state index contributed by atoms with van der Waals surface area (Å²) in [6.07, 6.45) is 0.639. The topological polar surface area (TPSA) is 97.0 Å². The highest BCUT2D eigenvalue weighted by Crippen LogP contribution is 2.52. The first-order valence-electron chi connectivity index (χ1n) is 9.47. The molecule has 1 unspecified atom stereocenters. The van der Waals surface area contributed by atoms with Gasteiger partial charge in [0.05, 0.1) is 0 Å². The molecule has 3 rings (SSSR count). The molecule has 1 aliphatic carbocycles. The number of benzene rings is 1. The van der Waals surface area contributed by atoms with E-state index in [-0.39, 0.29) is 12.0 Å². The molecule has 152 valence electrons. The van der Waals surface area contributed by atoms with Crippen LogP contribution in [-0.4, -0.2) is 60.7 Å². The van der Waals surface area contributed by atoms with E-state index in [9.17, 15) is 14.4 Å². The third-order valence-corrected chi connectivity index (χ3v) is 4.90. The SMILES string of the molecule is CC(C)(C)OC(=O)[C@@]1(NC=O)CC1c1ccc(OC(=O)N2CCNCC2)cc1. The number of nitrogens with zero attached hydrogens (tertiary/aromatic N) is 1. The van der Waals surface area contributed by atoms with Crippen molar-refractivity contribution >= 4 is 18.5 Å². The second-order valence-electron chi connectivity index (χ2n) is 8.17. The number of rotatable bonds is 5. The Kier molecular flexibility index (Phi) is 5.60. The molecule has 1 saturated heterocycles. The van der Waals surface area contributed by atoms with Crippen LogP contribution in [0.3, 0.4) is 0 Å². The van der Waals surface area contributed by atoms with E-state index < -0.39 is 17.1 Å². The molecule has 2 aliphatic rings. The third-order valence-electron chi connectivity index (χ3n) is 4.90. The standard InChI is InChI=1S/C20H27N3O5/c1-19(2,3)28-17(25)20(22-13-24)12-16(20)14-4-6-15(7-5-14)27-18(26)23-10-8-21-9-11-23/h4-7,13,16,21H,8-12H2,1-3H3,(H,22,24)/t16?,20-/m1/s1. The molecule has 1 aliphatic heterocycles. The minimum absolute atomic E-state index is 0.175. The largest absolute Gasteiger partial charge is 0.458 e. The molecule has 2 amide bonds. The van der Waals surface area contributed by atoms with Gasteiger partial charge in [0.25, 0.3) is 0 Å². The van der Waals surface area contributed by atoms with Crippen molar-refractivity contribution in [3.63, 3.8) is 0 Å². The van der Waals surface area contributed by atoms with E-state index in [1.165, 1.54) is 0 Å². The first-order valence-corrected chi connectivity index (χ1v) is 9.47. The highest BCUT2D eigenvalue weighted by atomic mass is 16.6. The smallest absolute Gasteiger partial charge is 0.415 e. The summed E-state index contributed by atoms with van der Waals surface area (Å²) in [5, 5.41) is 5.82. The average molecular weight is 389 g/mol. The van der Waals surface area contributed by atoms with E-state index in [1.54, 1.807) is 37.8 Å². The molecule has 0 radical (unpaired) electrons. The quantitative estimate of drug-likeness (QED) is 0.584. The Hall–Kier alpha value is -2.61. The van der Waals surface area contributed by atoms with Gasteiger partial charge in [0.15, 0.2) is 0 Å². The zero-order valence-electron chi connectivity index (χ0n) is 16.5. The Morgan fingerprint density at radius 3 is 2.43 bits per heavy atom. The molecule has 0 bridgehead atoms. The lowest BCUT2D eigenvalue weighted by Gasteiger charge is -2.26. The predicted octanol–water partition coefficient (Wildman–Crippen LogP) is 1.40. The molecule has 0 spiro atoms. The van der Waals surface area contributed by atoms with Gasteiger partial charge in [0.1, 0.15) is 16.9 Å². The van der Waals surface area contributed by atoms with E-state index in [2.05, 4.69) is 10.6 Å². The van der Waals surface area contributed by atoms with Crippen molar-refractivity contribution in [2.45, 2.75) is 44.2 Å². The van der Waals surface area contributed by atoms with Gasteiger partial charge in [-0.3, -0.25) is 4.79 Å². The summed E-state index contributed by atoms with van der Waals surface area (Å²) in [5.41, 5.74) is -0.792. The summed E-state index contributed by atoms with van der Waals surface area (Å²) < 4.78 is 10.9. The van der Waals surface area contributed by atoms with Crippen molar-refractivity contribution in [2.75, 3.05) is 26.2 Å². The molecular formula is C20H27N3O5. The maximum absolute atomic E-state index is 12.6. The van der Waals surface area contributed by atoms with Crippen molar-refractivity contribution in [3.8, 4) is 5.75 Å². The summed E-state index contributed by atoms with van der Waals surface area (Å²) in [7, 11) is 0. The number of nitrogens with one attached hydrogen (secondary N) is 2. The zero-order chi connectivity index (χ0) is 20.4. The van der Waals surface area contributed by atoms with Crippen LogP contribution in [0.4, 0.5) is 4.79 Å². The van der Waals surface area contributed by atoms with Crippen LogP contribution in [0.2, 0.25) is 0 Å². The van der Waals surface area contributed by atoms with Crippen LogP contribution in [0.15, 0.2) is 24.3 Å². The molecule has 1 heterocycles. The van der Waals surface area contributed by atoms with Gasteiger partial charge >= 0.3 is 12.1 Å². The Balaban J connectivity index is 1.65. The lowest BCUT2D eigenvalue weighted by Crippen LogP contribution is -2.47. The van der Waals surface area contributed by atoms with E-state index in [0.717, 1.165) is 18.7 Å². The molecule has 0 aromatic heterocycles. The van der Waals surface area contributed by atoms with Crippen LogP contribution in [0, 0.1) is 0 Å². The number of amides is 2. The Morgan fingerprint density at radius 2 is 1.86 bits per heavy atom. The van der Waals surface area contributed by atoms with Crippen molar-refractivity contribution < 1.29 is 23.9 Å². The van der Waals surface area contributed by atoms with Gasteiger partial charge in [0.2, 0.25) is 6.41 Å². The summed E-state index contributed by atoms with van der Waals surface area (Å²) in [5.74, 6) is -0.170. The number of piperazine rings is 1. The van der Waals surface area contributed by atoms with Gasteiger partial charge in [-0.05, 0) is 44.9 Å². The normalized spacial score (nSPS) is 24.2. The van der Waals surface area contributed by atoms with E-state index in [4.69, 9.17) is 9.47 Å². The minimum Gasteiger partial charge on any atom is -0.458 e. The lowest BCUT2D eigenvalue weighted by atomic mass is 10.1. The molecule has 1 aromatic carbocycles. The number of carbonyl (C=O) groups is 3. The lowest BCUT2D eigenvalue weighted by molar-refractivity contribution is -0.159. The van der Waals surface area contributed by atoms with Gasteiger partial charge in [-0.25, -0.2) is 9.59 Å². The summed E-state index contributed by atoms with van der Waals surface area (Å²) in [6.45, 7) is 8.12. The maximum Gasteiger partial charge on any atom is 0.415 e. The first kappa shape index (κ1) is 20.1. The highest BCUT2D eigenvalue weighted by molar-refractivity contribution is 5.89. The van der Waals surface area contributed by atoms with Crippen LogP contribution in [0.1, 0.15) is 38.7 Å². The Morgan fingerprint density at radius 1 is 1.21 bits per heavy atom. The van der Waals surface area contributed by atoms with Crippen molar-refractivity contribution in [3.05, 3.63) is 29.8 Å². The van der Waals surface area contributed by atoms with Gasteiger partial charge < -0.3 is 25.0 Å². The molecule has 8 heteroatoms. The summed E-state index contributed by atoms with van der Waals surface area (Å²) >= 11 is 0. The van der Waals surface area contributed by atoms with Gasteiger partial charge in [-0.2, -0.15) is 0 Å². The monoisotopic (exact) mass is 389 g/mol. The molecule has 8 nitrogen and oxygen atoms in total. The van der Waals surface area contributed by atoms with Crippen LogP contribution >= 0.6 is 0 Å². The zero-order valence-corrected chi connectivity index (χ0v) is 16.5. The van der Waals surface area contributed by atoms with E-state index in [1.807, 2.05) is 12.1 Å². The van der Waals surface area contributed by atoms with Crippen molar-refractivity contribution in [2.24, 2.45) is 0 Å². The van der Waals surface area contributed by atoms with E-state index in [0.29, 0.717) is 31.7 Å². The van der Waals surface area contributed by atoms with Crippen LogP contribution in [0.5, 0.6) is 5.75 Å². The summed E-state index contributed by atoms with van der Waals surface area (Å²) in [6, 6.07) is 7.02. The second kappa shape index (κ2) is 7.79. The fourth-order valence-electron chi connectivity index (χ4n) is 3.36. The Bertz CT molecular complexity index is 737. The fraction of sp³-hybridized carbons (Fsp3) is 0.550. The van der Waals surface area contributed by atoms with Crippen LogP contribution in [0.25, 0.3) is 0 Å². The molecular weight excluding hydrogens is 362 g/mol. The fourth-order valence-corrected chi connectivity index (χ4v) is 3.36. The van der Waals surface area contributed by atoms with E-state index >= 15 is 0 Å². The third kappa shape index (κ3) is 4.44. The molecule has 2 N–H and O–H groups in total. The van der Waals surface area contributed by atoms with Crippen LogP contribution < -0.4 is 15.4 Å². The van der Waals surface area contributed by atoms with Gasteiger partial charge in [-0.15, -0.1) is 0 Å². The molecule has 2 atom stereocenters. The first-order chi connectivity index (χ1) is 13.2. The molecule has 1 saturated carbocycles. The molecule has 28 heavy (non-hydrogen) atoms. The van der Waals surface area contributed by atoms with Crippen molar-refractivity contribution in [1.29, 1.82) is 0 Å².